The molecule has 6 atom stereocenters. The Balaban J connectivity index is 0.780. The van der Waals surface area contributed by atoms with Crippen LogP contribution in [0.2, 0.25) is 0 Å². The first kappa shape index (κ1) is 43.3. The second kappa shape index (κ2) is 17.1. The molecule has 8 aromatic rings. The molecular weight excluding hydrogens is 869 g/mol. The summed E-state index contributed by atoms with van der Waals surface area (Å²) in [5.74, 6) is -0.497. The van der Waals surface area contributed by atoms with Crippen molar-refractivity contribution in [2.45, 2.75) is 64.7 Å². The fourth-order valence-corrected chi connectivity index (χ4v) is 10.6. The fourth-order valence-electron chi connectivity index (χ4n) is 10.6. The van der Waals surface area contributed by atoms with Crippen LogP contribution in [0.3, 0.4) is 0 Å². The molecule has 68 heavy (non-hydrogen) atoms. The standard InChI is InChI=1S/C50H51F2N13O3/c1-26-18-62(41-9-6-35(44-34(41)8-11-43(61-44)68-5)49(66)59-32-16-38(51)47-57-28(3)20-64(47)23-32)22-31(55-26)14-30-15-37(30)40-25-63(19-27(2)56-40)42-10-7-36(45-46(42)54-13-12-53-45)50(67)60-33-17-39(52)48-58-29(4)21-65(48)24-33/h6-13,16-17,20-21,23-24,26-27,30-31,37,40,55-56H,14-15,18-19,22,25H2,1-5H3,(H,59,66)(H,60,67)/t26-,27-,30?,31+,37?,40-/m0/s1. The molecule has 16 nitrogen and oxygen atoms in total. The number of nitrogens with zero attached hydrogens (tertiary/aromatic N) is 9. The van der Waals surface area contributed by atoms with E-state index >= 15 is 0 Å². The number of rotatable bonds is 10. The molecular formula is C50H51F2N13O3. The molecule has 6 aromatic heterocycles. The number of carbonyl (C=O) groups is 2. The summed E-state index contributed by atoms with van der Waals surface area (Å²) >= 11 is 0. The summed E-state index contributed by atoms with van der Waals surface area (Å²) < 4.78 is 38.5. The zero-order chi connectivity index (χ0) is 47.0. The number of hydrogen-bond acceptors (Lipinski definition) is 12. The largest absolute Gasteiger partial charge is 0.481 e. The molecule has 2 aliphatic heterocycles. The maximum Gasteiger partial charge on any atom is 0.257 e. The van der Waals surface area contributed by atoms with Crippen LogP contribution in [0.25, 0.3) is 33.2 Å². The number of aromatic nitrogens is 7. The summed E-state index contributed by atoms with van der Waals surface area (Å²) in [7, 11) is 1.55. The summed E-state index contributed by atoms with van der Waals surface area (Å²) in [6, 6.07) is 14.7. The predicted octanol–water partition coefficient (Wildman–Crippen LogP) is 6.94. The van der Waals surface area contributed by atoms with Crippen molar-refractivity contribution in [1.82, 2.24) is 44.4 Å². The topological polar surface area (TPSA) is 171 Å². The number of aryl methyl sites for hydroxylation is 2. The molecule has 1 saturated carbocycles. The average Bonchev–Trinajstić information content (AvgIpc) is 3.81. The van der Waals surface area contributed by atoms with Gasteiger partial charge in [0.05, 0.1) is 52.2 Å². The van der Waals surface area contributed by atoms with E-state index in [9.17, 15) is 18.4 Å². The van der Waals surface area contributed by atoms with Gasteiger partial charge in [-0.1, -0.05) is 0 Å². The molecule has 4 N–H and O–H groups in total. The number of piperazine rings is 2. The van der Waals surface area contributed by atoms with E-state index in [1.165, 1.54) is 12.1 Å². The van der Waals surface area contributed by atoms with Crippen LogP contribution >= 0.6 is 0 Å². The van der Waals surface area contributed by atoms with Crippen LogP contribution in [-0.2, 0) is 0 Å². The molecule has 3 aliphatic rings. The molecule has 348 valence electrons. The highest BCUT2D eigenvalue weighted by Crippen LogP contribution is 2.46. The number of imidazole rings is 2. The number of benzene rings is 2. The minimum absolute atomic E-state index is 0.194. The Morgan fingerprint density at radius 3 is 1.94 bits per heavy atom. The summed E-state index contributed by atoms with van der Waals surface area (Å²) in [6.07, 6.45) is 12.1. The summed E-state index contributed by atoms with van der Waals surface area (Å²) in [6.45, 7) is 11.1. The second-order valence-corrected chi connectivity index (χ2v) is 18.7. The van der Waals surface area contributed by atoms with Gasteiger partial charge in [-0.2, -0.15) is 0 Å². The van der Waals surface area contributed by atoms with Crippen molar-refractivity contribution in [3.05, 3.63) is 120 Å². The quantitative estimate of drug-likeness (QED) is 0.112. The van der Waals surface area contributed by atoms with E-state index in [0.717, 1.165) is 55.8 Å². The van der Waals surface area contributed by atoms with Crippen LogP contribution in [0.1, 0.15) is 58.8 Å². The molecule has 0 spiro atoms. The number of nitrogens with one attached hydrogen (secondary N) is 4. The molecule has 11 rings (SSSR count). The monoisotopic (exact) mass is 919 g/mol. The van der Waals surface area contributed by atoms with Gasteiger partial charge in [0.2, 0.25) is 5.88 Å². The number of fused-ring (bicyclic) bond motifs is 4. The van der Waals surface area contributed by atoms with Crippen molar-refractivity contribution < 1.29 is 23.1 Å². The summed E-state index contributed by atoms with van der Waals surface area (Å²) in [5.41, 5.74) is 6.56. The number of anilines is 4. The number of amides is 2. The van der Waals surface area contributed by atoms with Crippen LogP contribution < -0.4 is 35.8 Å². The first-order chi connectivity index (χ1) is 32.8. The van der Waals surface area contributed by atoms with E-state index in [1.54, 1.807) is 79.1 Å². The third-order valence-corrected chi connectivity index (χ3v) is 13.5. The summed E-state index contributed by atoms with van der Waals surface area (Å²) in [4.78, 5) is 54.9. The van der Waals surface area contributed by atoms with Crippen molar-refractivity contribution >= 4 is 67.8 Å². The van der Waals surface area contributed by atoms with Gasteiger partial charge in [0.1, 0.15) is 11.0 Å². The molecule has 8 heterocycles. The molecule has 3 fully saturated rings. The molecule has 2 saturated heterocycles. The van der Waals surface area contributed by atoms with E-state index in [0.29, 0.717) is 68.2 Å². The van der Waals surface area contributed by atoms with Crippen LogP contribution in [0.4, 0.5) is 31.5 Å². The van der Waals surface area contributed by atoms with Crippen molar-refractivity contribution in [3.8, 4) is 5.88 Å². The minimum atomic E-state index is -0.533. The smallest absolute Gasteiger partial charge is 0.257 e. The Morgan fingerprint density at radius 1 is 0.706 bits per heavy atom. The van der Waals surface area contributed by atoms with E-state index < -0.39 is 23.4 Å². The van der Waals surface area contributed by atoms with Gasteiger partial charge in [0.25, 0.3) is 11.8 Å². The highest BCUT2D eigenvalue weighted by molar-refractivity contribution is 6.14. The molecule has 2 unspecified atom stereocenters. The van der Waals surface area contributed by atoms with Crippen LogP contribution in [0, 0.1) is 37.3 Å². The van der Waals surface area contributed by atoms with Crippen LogP contribution in [0.15, 0.2) is 85.7 Å². The Morgan fingerprint density at radius 2 is 1.29 bits per heavy atom. The zero-order valence-corrected chi connectivity index (χ0v) is 38.3. The lowest BCUT2D eigenvalue weighted by atomic mass is 9.98. The predicted molar refractivity (Wildman–Crippen MR) is 257 cm³/mol. The molecule has 0 radical (unpaired) electrons. The number of pyridine rings is 3. The Hall–Kier alpha value is -7.31. The Labute approximate surface area is 390 Å². The first-order valence-corrected chi connectivity index (χ1v) is 23.0. The molecule has 2 amide bonds. The van der Waals surface area contributed by atoms with Crippen LogP contribution in [-0.4, -0.2) is 103 Å². The summed E-state index contributed by atoms with van der Waals surface area (Å²) in [5, 5.41) is 14.3. The van der Waals surface area contributed by atoms with E-state index in [-0.39, 0.29) is 35.5 Å². The van der Waals surface area contributed by atoms with Crippen molar-refractivity contribution in [2.75, 3.05) is 53.7 Å². The third-order valence-electron chi connectivity index (χ3n) is 13.5. The molecule has 0 bridgehead atoms. The molecule has 18 heteroatoms. The van der Waals surface area contributed by atoms with Crippen molar-refractivity contribution in [2.24, 2.45) is 11.8 Å². The highest BCUT2D eigenvalue weighted by atomic mass is 19.1. The zero-order valence-electron chi connectivity index (χ0n) is 38.3. The number of hydrogen-bond donors (Lipinski definition) is 4. The first-order valence-electron chi connectivity index (χ1n) is 23.0. The van der Waals surface area contributed by atoms with Gasteiger partial charge < -0.3 is 44.6 Å². The van der Waals surface area contributed by atoms with Crippen molar-refractivity contribution in [1.29, 1.82) is 0 Å². The van der Waals surface area contributed by atoms with E-state index in [4.69, 9.17) is 14.7 Å². The lowest BCUT2D eigenvalue weighted by molar-refractivity contribution is 0.102. The van der Waals surface area contributed by atoms with E-state index in [2.05, 4.69) is 59.9 Å². The lowest BCUT2D eigenvalue weighted by Crippen LogP contribution is -2.57. The Bertz CT molecular complexity index is 3300. The normalized spacial score (nSPS) is 21.8. The second-order valence-electron chi connectivity index (χ2n) is 18.7. The van der Waals surface area contributed by atoms with Gasteiger partial charge in [-0.15, -0.1) is 0 Å². The maximum atomic E-state index is 14.9. The fraction of sp³-hybridized carbons (Fsp3) is 0.340. The van der Waals surface area contributed by atoms with E-state index in [1.807, 2.05) is 24.3 Å². The number of halogens is 2. The lowest BCUT2D eigenvalue weighted by Gasteiger charge is -2.41. The van der Waals surface area contributed by atoms with Crippen molar-refractivity contribution in [3.63, 3.8) is 0 Å². The molecule has 1 aliphatic carbocycles. The number of ether oxygens (including phenoxy) is 1. The number of carbonyl (C=O) groups excluding carboxylic acids is 2. The molecule has 2 aromatic carbocycles. The highest BCUT2D eigenvalue weighted by Gasteiger charge is 2.46. The average molecular weight is 920 g/mol. The van der Waals surface area contributed by atoms with Gasteiger partial charge >= 0.3 is 0 Å². The third kappa shape index (κ3) is 8.16. The SMILES string of the molecule is COc1ccc2c(N3C[C@@H](CC4CC4[C@@H]4CN(c5ccc(C(=O)Nc6cc(F)c7nc(C)cn7c6)c6nccnc56)C[C@H](C)N4)N[C@@H](C)C3)ccc(C(=O)Nc3cc(F)c4nc(C)cn4c3)c2n1. The van der Waals surface area contributed by atoms with Gasteiger partial charge in [-0.25, -0.2) is 23.7 Å². The van der Waals surface area contributed by atoms with Crippen LogP contribution in [0.5, 0.6) is 5.88 Å². The minimum Gasteiger partial charge on any atom is -0.481 e. The maximum absolute atomic E-state index is 14.9. The van der Waals surface area contributed by atoms with Gasteiger partial charge in [0.15, 0.2) is 22.9 Å². The Kier molecular flexibility index (Phi) is 10.9. The van der Waals surface area contributed by atoms with Gasteiger partial charge in [-0.05, 0) is 82.7 Å². The van der Waals surface area contributed by atoms with Gasteiger partial charge in [0, 0.05) is 117 Å². The van der Waals surface area contributed by atoms with Gasteiger partial charge in [-0.3, -0.25) is 19.6 Å². The number of methoxy groups -OCH3 is 1.